The molecule has 3 aromatic rings. The molecule has 3 aliphatic rings. The number of oxazole rings is 1. The van der Waals surface area contributed by atoms with Crippen LogP contribution in [0.4, 0.5) is 14.5 Å². The van der Waals surface area contributed by atoms with Gasteiger partial charge in [0.15, 0.2) is 17.5 Å². The number of benzene rings is 1. The summed E-state index contributed by atoms with van der Waals surface area (Å²) >= 11 is 0. The second kappa shape index (κ2) is 10.7. The molecule has 0 unspecified atom stereocenters. The summed E-state index contributed by atoms with van der Waals surface area (Å²) in [6.07, 6.45) is 6.99. The van der Waals surface area contributed by atoms with Crippen molar-refractivity contribution in [1.29, 1.82) is 0 Å². The number of alkyl halides is 2. The number of carbonyl (C=O) groups excluding carboxylic acids is 1. The van der Waals surface area contributed by atoms with Crippen LogP contribution in [-0.4, -0.2) is 33.5 Å². The number of aromatic nitrogens is 3. The van der Waals surface area contributed by atoms with E-state index in [9.17, 15) is 13.6 Å². The minimum atomic E-state index is -2.70. The lowest BCUT2D eigenvalue weighted by molar-refractivity contribution is -0.126. The summed E-state index contributed by atoms with van der Waals surface area (Å²) in [6.45, 7) is 8.62. The number of allylic oxidation sites excluding steroid dienone is 1. The van der Waals surface area contributed by atoms with Crippen molar-refractivity contribution < 1.29 is 22.5 Å². The molecule has 3 fully saturated rings. The summed E-state index contributed by atoms with van der Waals surface area (Å²) in [5.74, 6) is 0.0380. The van der Waals surface area contributed by atoms with Crippen molar-refractivity contribution in [2.75, 3.05) is 11.4 Å². The van der Waals surface area contributed by atoms with E-state index in [1.807, 2.05) is 24.3 Å². The topological polar surface area (TPSA) is 85.3 Å². The monoisotopic (exact) mass is 548 g/mol. The van der Waals surface area contributed by atoms with Crippen molar-refractivity contribution in [3.8, 4) is 11.3 Å². The SMILES string of the molecule is C=C(CCC(=C)c1nc(C2CC2)no1)CN(C(=O)C1CCC(F)(F)CC1)c1cccc(-c2cnc(C3CC3)o2)c1. The molecule has 3 aliphatic carbocycles. The van der Waals surface area contributed by atoms with Gasteiger partial charge in [0.05, 0.1) is 6.20 Å². The zero-order valence-electron chi connectivity index (χ0n) is 22.6. The Bertz CT molecular complexity index is 1410. The van der Waals surface area contributed by atoms with Crippen molar-refractivity contribution in [1.82, 2.24) is 15.1 Å². The first-order valence-corrected chi connectivity index (χ1v) is 14.2. The smallest absolute Gasteiger partial charge is 0.253 e. The van der Waals surface area contributed by atoms with Gasteiger partial charge in [-0.2, -0.15) is 4.98 Å². The Kier molecular flexibility index (Phi) is 7.15. The molecule has 2 aromatic heterocycles. The van der Waals surface area contributed by atoms with Gasteiger partial charge < -0.3 is 13.8 Å². The number of carbonyl (C=O) groups is 1. The molecule has 0 spiro atoms. The highest BCUT2D eigenvalue weighted by Crippen LogP contribution is 2.42. The lowest BCUT2D eigenvalue weighted by Gasteiger charge is -2.32. The number of nitrogens with zero attached hydrogens (tertiary/aromatic N) is 4. The first kappa shape index (κ1) is 26.6. The van der Waals surface area contributed by atoms with E-state index < -0.39 is 11.8 Å². The highest BCUT2D eigenvalue weighted by molar-refractivity contribution is 5.96. The molecule has 3 saturated carbocycles. The van der Waals surface area contributed by atoms with Crippen LogP contribution in [0.25, 0.3) is 16.9 Å². The van der Waals surface area contributed by atoms with Crippen LogP contribution in [0.15, 0.2) is 58.1 Å². The van der Waals surface area contributed by atoms with E-state index in [1.165, 1.54) is 0 Å². The normalized spacial score (nSPS) is 18.9. The maximum absolute atomic E-state index is 13.9. The van der Waals surface area contributed by atoms with Gasteiger partial charge in [-0.05, 0) is 63.5 Å². The maximum Gasteiger partial charge on any atom is 0.253 e. The molecule has 0 atom stereocenters. The van der Waals surface area contributed by atoms with Crippen LogP contribution >= 0.6 is 0 Å². The average Bonchev–Trinajstić information content (AvgIpc) is 3.88. The molecule has 210 valence electrons. The molecule has 9 heteroatoms. The first-order valence-electron chi connectivity index (χ1n) is 14.2. The summed E-state index contributed by atoms with van der Waals surface area (Å²) in [6, 6.07) is 7.55. The maximum atomic E-state index is 13.9. The molecule has 7 nitrogen and oxygen atoms in total. The zero-order chi connectivity index (χ0) is 27.9. The number of amides is 1. The van der Waals surface area contributed by atoms with Gasteiger partial charge in [0.25, 0.3) is 5.89 Å². The lowest BCUT2D eigenvalue weighted by atomic mass is 9.85. The van der Waals surface area contributed by atoms with Crippen molar-refractivity contribution >= 4 is 17.2 Å². The lowest BCUT2D eigenvalue weighted by Crippen LogP contribution is -2.40. The highest BCUT2D eigenvalue weighted by Gasteiger charge is 2.39. The third kappa shape index (κ3) is 6.08. The van der Waals surface area contributed by atoms with Crippen LogP contribution in [0.3, 0.4) is 0 Å². The number of halogens is 2. The van der Waals surface area contributed by atoms with Crippen molar-refractivity contribution in [3.63, 3.8) is 0 Å². The van der Waals surface area contributed by atoms with E-state index in [2.05, 4.69) is 28.3 Å². The van der Waals surface area contributed by atoms with Gasteiger partial charge in [0, 0.05) is 54.0 Å². The van der Waals surface area contributed by atoms with E-state index in [4.69, 9.17) is 8.94 Å². The van der Waals surface area contributed by atoms with Crippen molar-refractivity contribution in [2.24, 2.45) is 5.92 Å². The summed E-state index contributed by atoms with van der Waals surface area (Å²) in [5.41, 5.74) is 3.03. The minimum Gasteiger partial charge on any atom is -0.440 e. The average molecular weight is 549 g/mol. The molecule has 0 bridgehead atoms. The quantitative estimate of drug-likeness (QED) is 0.228. The van der Waals surface area contributed by atoms with Gasteiger partial charge in [-0.15, -0.1) is 0 Å². The fourth-order valence-corrected chi connectivity index (χ4v) is 5.19. The largest absolute Gasteiger partial charge is 0.440 e. The Balaban J connectivity index is 1.17. The van der Waals surface area contributed by atoms with Crippen LogP contribution in [0.1, 0.15) is 93.6 Å². The molecule has 40 heavy (non-hydrogen) atoms. The first-order chi connectivity index (χ1) is 19.3. The molecule has 1 amide bonds. The summed E-state index contributed by atoms with van der Waals surface area (Å²) < 4.78 is 39.1. The van der Waals surface area contributed by atoms with E-state index >= 15 is 0 Å². The van der Waals surface area contributed by atoms with E-state index in [0.29, 0.717) is 42.0 Å². The Morgan fingerprint density at radius 1 is 1.05 bits per heavy atom. The number of hydrogen-bond acceptors (Lipinski definition) is 6. The predicted octanol–water partition coefficient (Wildman–Crippen LogP) is 7.69. The van der Waals surface area contributed by atoms with Crippen LogP contribution < -0.4 is 4.90 Å². The van der Waals surface area contributed by atoms with Gasteiger partial charge in [0.1, 0.15) is 0 Å². The van der Waals surface area contributed by atoms with Crippen LogP contribution in [0.5, 0.6) is 0 Å². The van der Waals surface area contributed by atoms with E-state index in [-0.39, 0.29) is 38.1 Å². The Morgan fingerprint density at radius 3 is 2.52 bits per heavy atom. The molecule has 0 N–H and O–H groups in total. The third-order valence-corrected chi connectivity index (χ3v) is 8.07. The summed E-state index contributed by atoms with van der Waals surface area (Å²) in [7, 11) is 0. The van der Waals surface area contributed by atoms with Crippen LogP contribution in [-0.2, 0) is 4.79 Å². The fraction of sp³-hybridized carbons (Fsp3) is 0.484. The standard InChI is InChI=1S/C31H34F2N4O3/c1-19(6-7-20(2)28-35-27(36-40-28)21-8-9-21)18-37(30(38)23-12-14-31(32,33)15-13-23)25-5-3-4-24(16-25)26-17-34-29(39-26)22-10-11-22/h3-5,16-17,21-23H,1-2,6-15,18H2. The summed E-state index contributed by atoms with van der Waals surface area (Å²) in [4.78, 5) is 24.3. The van der Waals surface area contributed by atoms with Crippen molar-refractivity contribution in [3.05, 3.63) is 66.8 Å². The molecular weight excluding hydrogens is 514 g/mol. The molecule has 2 heterocycles. The summed E-state index contributed by atoms with van der Waals surface area (Å²) in [5, 5.41) is 4.06. The second-order valence-corrected chi connectivity index (χ2v) is 11.5. The highest BCUT2D eigenvalue weighted by atomic mass is 19.3. The van der Waals surface area contributed by atoms with Gasteiger partial charge in [-0.3, -0.25) is 4.79 Å². The van der Waals surface area contributed by atoms with Crippen LogP contribution in [0, 0.1) is 5.92 Å². The van der Waals surface area contributed by atoms with Crippen molar-refractivity contribution in [2.45, 2.75) is 82.0 Å². The van der Waals surface area contributed by atoms with Gasteiger partial charge in [-0.25, -0.2) is 13.8 Å². The van der Waals surface area contributed by atoms with Crippen LogP contribution in [0.2, 0.25) is 0 Å². The molecule has 1 aromatic carbocycles. The van der Waals surface area contributed by atoms with E-state index in [1.54, 1.807) is 11.1 Å². The molecular formula is C31H34F2N4O3. The fourth-order valence-electron chi connectivity index (χ4n) is 5.19. The van der Waals surface area contributed by atoms with E-state index in [0.717, 1.165) is 54.1 Å². The Morgan fingerprint density at radius 2 is 1.80 bits per heavy atom. The van der Waals surface area contributed by atoms with Gasteiger partial charge in [-0.1, -0.05) is 36.0 Å². The zero-order valence-corrected chi connectivity index (χ0v) is 22.6. The van der Waals surface area contributed by atoms with Gasteiger partial charge in [0.2, 0.25) is 11.8 Å². The number of rotatable bonds is 11. The Labute approximate surface area is 232 Å². The molecule has 0 radical (unpaired) electrons. The number of anilines is 1. The predicted molar refractivity (Wildman–Crippen MR) is 147 cm³/mol. The Hall–Kier alpha value is -3.62. The van der Waals surface area contributed by atoms with Gasteiger partial charge >= 0.3 is 0 Å². The minimum absolute atomic E-state index is 0.158. The third-order valence-electron chi connectivity index (χ3n) is 8.07. The molecule has 0 aliphatic heterocycles. The molecule has 6 rings (SSSR count). The molecule has 0 saturated heterocycles. The second-order valence-electron chi connectivity index (χ2n) is 11.5. The number of hydrogen-bond donors (Lipinski definition) is 0.